The SMILES string of the molecule is Cc1cc(C)c(Nc2ccc(C(c3ccc(Nc4c(C)cc(C)c(CC(=O)c5cc(C(C)(C)C)c(O)c(C(C)(C)C)c5)c4C)cc3)c3ccc(S(=O)(=O)O)cc3S(=O)(=O)O)cc2)c(C)c1CC(=O)c1cc(C(C)(C)C)c(O)c(C(C)(C)C)c1. The number of rotatable bonds is 15. The Labute approximate surface area is 492 Å². The fraction of sp³-hybridized carbons (Fsp3) is 0.362. The fourth-order valence-electron chi connectivity index (χ4n) is 11.3. The Morgan fingerprint density at radius 3 is 1.06 bits per heavy atom. The summed E-state index contributed by atoms with van der Waals surface area (Å²) < 4.78 is 71.7. The van der Waals surface area contributed by atoms with E-state index in [0.717, 1.165) is 68.0 Å². The minimum Gasteiger partial charge on any atom is -0.507 e. The number of aromatic hydroxyl groups is 2. The van der Waals surface area contributed by atoms with Gasteiger partial charge in [-0.25, -0.2) is 0 Å². The first kappa shape index (κ1) is 63.5. The lowest BCUT2D eigenvalue weighted by atomic mass is 9.77. The van der Waals surface area contributed by atoms with Crippen LogP contribution in [0.5, 0.6) is 11.5 Å². The number of carbonyl (C=O) groups excluding carboxylic acids is 2. The lowest BCUT2D eigenvalue weighted by molar-refractivity contribution is 0.0984. The van der Waals surface area contributed by atoms with Gasteiger partial charge in [0.2, 0.25) is 0 Å². The van der Waals surface area contributed by atoms with Crippen molar-refractivity contribution in [3.05, 3.63) is 198 Å². The Hall–Kier alpha value is -7.10. The van der Waals surface area contributed by atoms with Crippen molar-refractivity contribution in [3.63, 3.8) is 0 Å². The molecule has 0 bridgehead atoms. The number of carbonyl (C=O) groups is 2. The molecule has 0 spiro atoms. The fourth-order valence-corrected chi connectivity index (χ4v) is 12.6. The summed E-state index contributed by atoms with van der Waals surface area (Å²) in [6.07, 6.45) is 0.245. The van der Waals surface area contributed by atoms with Gasteiger partial charge < -0.3 is 20.8 Å². The molecule has 0 aliphatic rings. The van der Waals surface area contributed by atoms with Gasteiger partial charge in [-0.1, -0.05) is 126 Å². The van der Waals surface area contributed by atoms with Crippen LogP contribution in [0.3, 0.4) is 0 Å². The number of anilines is 4. The largest absolute Gasteiger partial charge is 0.507 e. The third-order valence-corrected chi connectivity index (χ3v) is 17.7. The number of benzene rings is 7. The molecule has 7 aromatic carbocycles. The Balaban J connectivity index is 1.24. The molecule has 0 fully saturated rings. The summed E-state index contributed by atoms with van der Waals surface area (Å²) in [4.78, 5) is 27.2. The van der Waals surface area contributed by atoms with Gasteiger partial charge in [0.05, 0.1) is 9.79 Å². The summed E-state index contributed by atoms with van der Waals surface area (Å²) in [6, 6.07) is 29.0. The summed E-state index contributed by atoms with van der Waals surface area (Å²) in [5.41, 5.74) is 13.7. The molecule has 440 valence electrons. The number of Topliss-reactive ketones (excluding diaryl/α,β-unsaturated/α-hetero) is 2. The first-order chi connectivity index (χ1) is 38.1. The third kappa shape index (κ3) is 13.8. The summed E-state index contributed by atoms with van der Waals surface area (Å²) in [5.74, 6) is -0.649. The van der Waals surface area contributed by atoms with Crippen molar-refractivity contribution >= 4 is 54.6 Å². The van der Waals surface area contributed by atoms with Crippen LogP contribution in [-0.4, -0.2) is 47.7 Å². The monoisotopic (exact) mass is 1160 g/mol. The predicted octanol–water partition coefficient (Wildman–Crippen LogP) is 16.1. The third-order valence-electron chi connectivity index (χ3n) is 15.9. The van der Waals surface area contributed by atoms with E-state index < -0.39 is 57.6 Å². The lowest BCUT2D eigenvalue weighted by Gasteiger charge is -2.28. The van der Waals surface area contributed by atoms with E-state index in [9.17, 15) is 45.7 Å². The Morgan fingerprint density at radius 1 is 0.446 bits per heavy atom. The average molecular weight is 1160 g/mol. The molecule has 0 aromatic heterocycles. The second-order valence-corrected chi connectivity index (χ2v) is 29.4. The molecule has 0 atom stereocenters. The molecule has 0 saturated heterocycles. The van der Waals surface area contributed by atoms with E-state index in [1.54, 1.807) is 0 Å². The maximum Gasteiger partial charge on any atom is 0.294 e. The van der Waals surface area contributed by atoms with Crippen molar-refractivity contribution < 1.29 is 45.7 Å². The highest BCUT2D eigenvalue weighted by atomic mass is 32.2. The highest BCUT2D eigenvalue weighted by molar-refractivity contribution is 7.86. The highest BCUT2D eigenvalue weighted by Gasteiger charge is 2.32. The number of aryl methyl sites for hydroxylation is 4. The van der Waals surface area contributed by atoms with E-state index in [2.05, 4.69) is 10.6 Å². The average Bonchev–Trinajstić information content (AvgIpc) is 1.74. The summed E-state index contributed by atoms with van der Waals surface area (Å²) >= 11 is 0. The Morgan fingerprint density at radius 2 is 0.771 bits per heavy atom. The molecule has 0 amide bonds. The van der Waals surface area contributed by atoms with Crippen molar-refractivity contribution in [3.8, 4) is 11.5 Å². The number of nitrogens with one attached hydrogen (secondary N) is 2. The van der Waals surface area contributed by atoms with Gasteiger partial charge in [-0.3, -0.25) is 18.7 Å². The van der Waals surface area contributed by atoms with Gasteiger partial charge in [-0.15, -0.1) is 0 Å². The summed E-state index contributed by atoms with van der Waals surface area (Å²) in [5, 5.41) is 29.9. The van der Waals surface area contributed by atoms with Gasteiger partial charge in [0.25, 0.3) is 20.2 Å². The zero-order chi connectivity index (χ0) is 62.0. The predicted molar refractivity (Wildman–Crippen MR) is 335 cm³/mol. The zero-order valence-electron chi connectivity index (χ0n) is 51.4. The van der Waals surface area contributed by atoms with E-state index >= 15 is 0 Å². The standard InChI is InChI=1S/C69H82N2O10S2/c1-38-29-40(3)62(42(5)52(38)36-58(72)46-31-54(66(7,8)9)64(74)55(32-46)67(10,11)12)70-48-23-19-44(20-24-48)61(51-28-27-50(82(76,77)78)35-60(51)83(79,80)81)45-21-25-49(26-22-45)71-63-41(4)30-39(2)53(43(63)6)37-59(73)47-33-56(68(13,14)15)65(75)57(34-47)69(16,17)18/h19-35,61,70-71,74-75H,36-37H2,1-18H3,(H,76,77,78)(H,79,80,81). The normalized spacial score (nSPS) is 12.7. The molecule has 6 N–H and O–H groups in total. The quantitative estimate of drug-likeness (QED) is 0.0322. The summed E-state index contributed by atoms with van der Waals surface area (Å²) in [6.45, 7) is 36.1. The Bertz CT molecular complexity index is 3670. The van der Waals surface area contributed by atoms with E-state index in [1.165, 1.54) is 6.07 Å². The second kappa shape index (κ2) is 22.8. The van der Waals surface area contributed by atoms with Crippen LogP contribution >= 0.6 is 0 Å². The molecule has 0 heterocycles. The molecule has 0 aliphatic heterocycles. The van der Waals surface area contributed by atoms with Crippen LogP contribution in [0.15, 0.2) is 113 Å². The summed E-state index contributed by atoms with van der Waals surface area (Å²) in [7, 11) is -9.95. The van der Waals surface area contributed by atoms with Crippen LogP contribution in [0.2, 0.25) is 0 Å². The van der Waals surface area contributed by atoms with E-state index in [4.69, 9.17) is 0 Å². The van der Waals surface area contributed by atoms with Crippen molar-refractivity contribution in [1.29, 1.82) is 0 Å². The lowest BCUT2D eigenvalue weighted by Crippen LogP contribution is -2.19. The number of phenols is 2. The maximum absolute atomic E-state index is 14.3. The number of phenolic OH excluding ortho intramolecular Hbond substituents is 2. The molecule has 83 heavy (non-hydrogen) atoms. The number of hydrogen-bond acceptors (Lipinski definition) is 10. The molecule has 7 rings (SSSR count). The van der Waals surface area contributed by atoms with Crippen LogP contribution in [0.1, 0.15) is 193 Å². The topological polar surface area (TPSA) is 207 Å². The van der Waals surface area contributed by atoms with E-state index in [1.807, 2.05) is 210 Å². The molecular formula is C69H82N2O10S2. The highest BCUT2D eigenvalue weighted by Crippen LogP contribution is 2.44. The molecule has 14 heteroatoms. The first-order valence-electron chi connectivity index (χ1n) is 27.9. The molecule has 0 saturated carbocycles. The van der Waals surface area contributed by atoms with Gasteiger partial charge in [-0.2, -0.15) is 16.8 Å². The van der Waals surface area contributed by atoms with Gasteiger partial charge >= 0.3 is 0 Å². The van der Waals surface area contributed by atoms with Gasteiger partial charge in [0.1, 0.15) is 11.5 Å². The molecular weight excluding hydrogens is 1080 g/mol. The van der Waals surface area contributed by atoms with Gasteiger partial charge in [0, 0.05) is 74.9 Å². The molecule has 0 aliphatic carbocycles. The number of ketones is 2. The molecule has 0 unspecified atom stereocenters. The van der Waals surface area contributed by atoms with Crippen LogP contribution in [0.4, 0.5) is 22.7 Å². The van der Waals surface area contributed by atoms with Crippen LogP contribution in [0.25, 0.3) is 0 Å². The minimum absolute atomic E-state index is 0.0520. The van der Waals surface area contributed by atoms with E-state index in [-0.39, 0.29) is 41.5 Å². The van der Waals surface area contributed by atoms with Gasteiger partial charge in [0.15, 0.2) is 11.6 Å². The van der Waals surface area contributed by atoms with Crippen LogP contribution in [0, 0.1) is 41.5 Å². The van der Waals surface area contributed by atoms with Crippen molar-refractivity contribution in [2.75, 3.05) is 10.6 Å². The van der Waals surface area contributed by atoms with Gasteiger partial charge in [-0.05, 0) is 185 Å². The van der Waals surface area contributed by atoms with Crippen LogP contribution < -0.4 is 10.6 Å². The minimum atomic E-state index is -5.07. The zero-order valence-corrected chi connectivity index (χ0v) is 53.0. The maximum atomic E-state index is 14.3. The first-order valence-corrected chi connectivity index (χ1v) is 30.8. The smallest absolute Gasteiger partial charge is 0.294 e. The Kier molecular flexibility index (Phi) is 17.4. The molecule has 7 aromatic rings. The second-order valence-electron chi connectivity index (χ2n) is 26.6. The van der Waals surface area contributed by atoms with Crippen molar-refractivity contribution in [1.82, 2.24) is 0 Å². The van der Waals surface area contributed by atoms with Crippen LogP contribution in [-0.2, 0) is 54.7 Å². The number of hydrogen-bond donors (Lipinski definition) is 6. The van der Waals surface area contributed by atoms with Crippen molar-refractivity contribution in [2.45, 2.75) is 175 Å². The van der Waals surface area contributed by atoms with E-state index in [0.29, 0.717) is 55.9 Å². The molecule has 0 radical (unpaired) electrons. The molecule has 12 nitrogen and oxygen atoms in total. The van der Waals surface area contributed by atoms with Crippen molar-refractivity contribution in [2.24, 2.45) is 0 Å².